The van der Waals surface area contributed by atoms with Crippen LogP contribution in [0.1, 0.15) is 78.6 Å². The summed E-state index contributed by atoms with van der Waals surface area (Å²) in [6.07, 6.45) is 12.0. The molecule has 0 bridgehead atoms. The average Bonchev–Trinajstić information content (AvgIpc) is 3.06. The van der Waals surface area contributed by atoms with Gasteiger partial charge in [-0.1, -0.05) is 26.8 Å². The number of hydrogen-bond donors (Lipinski definition) is 3. The zero-order valence-electron chi connectivity index (χ0n) is 19.0. The van der Waals surface area contributed by atoms with Gasteiger partial charge in [-0.15, -0.1) is 0 Å². The van der Waals surface area contributed by atoms with E-state index in [-0.39, 0.29) is 35.1 Å². The topological polar surface area (TPSA) is 77.8 Å². The van der Waals surface area contributed by atoms with Crippen molar-refractivity contribution in [3.63, 3.8) is 0 Å². The van der Waals surface area contributed by atoms with Crippen molar-refractivity contribution < 1.29 is 20.1 Å². The van der Waals surface area contributed by atoms with Crippen molar-refractivity contribution in [2.75, 3.05) is 0 Å². The largest absolute Gasteiger partial charge is 0.393 e. The van der Waals surface area contributed by atoms with Crippen LogP contribution in [0.3, 0.4) is 0 Å². The fraction of sp³-hybridized carbons (Fsp3) is 0.885. The number of aliphatic hydroxyl groups is 3. The monoisotopic (exact) mass is 418 g/mol. The van der Waals surface area contributed by atoms with Crippen molar-refractivity contribution in [3.8, 4) is 0 Å². The summed E-state index contributed by atoms with van der Waals surface area (Å²) in [5, 5.41) is 33.1. The van der Waals surface area contributed by atoms with Gasteiger partial charge in [0, 0.05) is 0 Å². The van der Waals surface area contributed by atoms with Crippen molar-refractivity contribution in [1.82, 2.24) is 0 Å². The summed E-state index contributed by atoms with van der Waals surface area (Å²) < 4.78 is 0. The summed E-state index contributed by atoms with van der Waals surface area (Å²) in [6.45, 7) is 7.00. The molecule has 30 heavy (non-hydrogen) atoms. The van der Waals surface area contributed by atoms with E-state index in [2.05, 4.69) is 20.8 Å². The number of carbonyl (C=O) groups excluding carboxylic acids is 1. The first kappa shape index (κ1) is 22.5. The molecule has 0 amide bonds. The summed E-state index contributed by atoms with van der Waals surface area (Å²) >= 11 is 0. The first-order valence-corrected chi connectivity index (χ1v) is 12.4. The van der Waals surface area contributed by atoms with E-state index >= 15 is 0 Å². The Morgan fingerprint density at radius 2 is 1.80 bits per heavy atom. The highest BCUT2D eigenvalue weighted by molar-refractivity contribution is 5.64. The highest BCUT2D eigenvalue weighted by atomic mass is 16.3. The molecule has 0 aromatic rings. The number of allylic oxidation sites excluding steroid dienone is 2. The van der Waals surface area contributed by atoms with Gasteiger partial charge in [-0.05, 0) is 110 Å². The zero-order valence-corrected chi connectivity index (χ0v) is 19.0. The molecule has 0 radical (unpaired) electrons. The van der Waals surface area contributed by atoms with Crippen molar-refractivity contribution in [1.29, 1.82) is 0 Å². The molecule has 4 fully saturated rings. The fourth-order valence-electron chi connectivity index (χ4n) is 8.84. The smallest absolute Gasteiger partial charge is 0.142 e. The van der Waals surface area contributed by atoms with Crippen molar-refractivity contribution in [2.45, 2.75) is 96.9 Å². The highest BCUT2D eigenvalue weighted by Crippen LogP contribution is 2.68. The summed E-state index contributed by atoms with van der Waals surface area (Å²) in [7, 11) is 0. The van der Waals surface area contributed by atoms with Gasteiger partial charge in [-0.25, -0.2) is 0 Å². The lowest BCUT2D eigenvalue weighted by molar-refractivity contribution is -0.207. The van der Waals surface area contributed by atoms with E-state index in [4.69, 9.17) is 0 Å². The molecule has 3 N–H and O–H groups in total. The maximum Gasteiger partial charge on any atom is 0.142 e. The van der Waals surface area contributed by atoms with Gasteiger partial charge >= 0.3 is 0 Å². The Balaban J connectivity index is 1.57. The van der Waals surface area contributed by atoms with Crippen LogP contribution in [0.2, 0.25) is 0 Å². The molecule has 0 aromatic carbocycles. The van der Waals surface area contributed by atoms with E-state index in [1.54, 1.807) is 6.08 Å². The van der Waals surface area contributed by atoms with Crippen molar-refractivity contribution in [2.24, 2.45) is 46.3 Å². The van der Waals surface area contributed by atoms with Crippen LogP contribution in [0.15, 0.2) is 12.2 Å². The van der Waals surface area contributed by atoms with Gasteiger partial charge in [0.2, 0.25) is 0 Å². The second-order valence-electron chi connectivity index (χ2n) is 11.6. The van der Waals surface area contributed by atoms with Gasteiger partial charge < -0.3 is 15.3 Å². The number of aldehydes is 1. The maximum absolute atomic E-state index is 11.6. The van der Waals surface area contributed by atoms with Gasteiger partial charge in [0.15, 0.2) is 0 Å². The van der Waals surface area contributed by atoms with E-state index in [1.165, 1.54) is 0 Å². The Morgan fingerprint density at radius 3 is 2.53 bits per heavy atom. The van der Waals surface area contributed by atoms with Crippen LogP contribution < -0.4 is 0 Å². The van der Waals surface area contributed by atoms with E-state index in [1.807, 2.05) is 6.08 Å². The van der Waals surface area contributed by atoms with Crippen molar-refractivity contribution >= 4 is 6.29 Å². The lowest BCUT2D eigenvalue weighted by Crippen LogP contribution is -2.62. The highest BCUT2D eigenvalue weighted by Gasteiger charge is 2.65. The fourth-order valence-corrected chi connectivity index (χ4v) is 8.84. The second-order valence-corrected chi connectivity index (χ2v) is 11.6. The molecule has 0 aromatic heterocycles. The van der Waals surface area contributed by atoms with Gasteiger partial charge in [0.25, 0.3) is 0 Å². The number of rotatable bonds is 5. The predicted molar refractivity (Wildman–Crippen MR) is 118 cm³/mol. The average molecular weight is 419 g/mol. The summed E-state index contributed by atoms with van der Waals surface area (Å²) in [5.41, 5.74) is 0.00206. The molecule has 4 nitrogen and oxygen atoms in total. The number of fused-ring (bicyclic) bond motifs is 5. The second kappa shape index (κ2) is 8.33. The standard InChI is InChI=1S/C26H42O4/c1-16(7-5-4-6-12-27)19-8-9-20-24-21(15-23(30)26(19,20)3)25(2)11-10-18(28)13-17(25)14-22(24)29/h4,6,12,16-24,28-30H,5,7-11,13-15H2,1-3H3/b6-4+. The summed E-state index contributed by atoms with van der Waals surface area (Å²) in [5.74, 6) is 2.35. The molecule has 4 heteroatoms. The molecule has 11 unspecified atom stereocenters. The molecule has 4 aliphatic carbocycles. The van der Waals surface area contributed by atoms with Crippen molar-refractivity contribution in [3.05, 3.63) is 12.2 Å². The molecule has 0 aliphatic heterocycles. The Bertz CT molecular complexity index is 661. The lowest BCUT2D eigenvalue weighted by Gasteiger charge is -2.63. The van der Waals surface area contributed by atoms with Crippen LogP contribution in [-0.4, -0.2) is 39.9 Å². The first-order valence-electron chi connectivity index (χ1n) is 12.4. The van der Waals surface area contributed by atoms with Crippen LogP contribution in [0.4, 0.5) is 0 Å². The van der Waals surface area contributed by atoms with E-state index in [0.717, 1.165) is 64.1 Å². The third kappa shape index (κ3) is 3.42. The number of carbonyl (C=O) groups is 1. The maximum atomic E-state index is 11.6. The van der Waals surface area contributed by atoms with Crippen LogP contribution >= 0.6 is 0 Å². The minimum atomic E-state index is -0.321. The third-order valence-corrected chi connectivity index (χ3v) is 10.5. The summed E-state index contributed by atoms with van der Waals surface area (Å²) in [6, 6.07) is 0. The van der Waals surface area contributed by atoms with Crippen LogP contribution in [0.25, 0.3) is 0 Å². The van der Waals surface area contributed by atoms with Crippen LogP contribution in [-0.2, 0) is 4.79 Å². The molecule has 0 spiro atoms. The third-order valence-electron chi connectivity index (χ3n) is 10.5. The molecule has 4 aliphatic rings. The van der Waals surface area contributed by atoms with Crippen LogP contribution in [0.5, 0.6) is 0 Å². The van der Waals surface area contributed by atoms with E-state index < -0.39 is 0 Å². The zero-order chi connectivity index (χ0) is 21.7. The van der Waals surface area contributed by atoms with Gasteiger partial charge in [-0.2, -0.15) is 0 Å². The Kier molecular flexibility index (Phi) is 6.24. The molecule has 0 saturated heterocycles. The molecule has 11 atom stereocenters. The van der Waals surface area contributed by atoms with Gasteiger partial charge in [-0.3, -0.25) is 4.79 Å². The molecule has 170 valence electrons. The van der Waals surface area contributed by atoms with Crippen LogP contribution in [0, 0.1) is 46.3 Å². The summed E-state index contributed by atoms with van der Waals surface area (Å²) in [4.78, 5) is 10.5. The Hall–Kier alpha value is -0.710. The Morgan fingerprint density at radius 1 is 1.03 bits per heavy atom. The Labute approximate surface area is 182 Å². The normalized spacial score (nSPS) is 51.8. The lowest BCUT2D eigenvalue weighted by atomic mass is 9.43. The van der Waals surface area contributed by atoms with E-state index in [0.29, 0.717) is 29.6 Å². The predicted octanol–water partition coefficient (Wildman–Crippen LogP) is 4.12. The molecule has 4 saturated carbocycles. The number of hydrogen-bond acceptors (Lipinski definition) is 4. The minimum Gasteiger partial charge on any atom is -0.393 e. The molecule has 0 heterocycles. The SMILES string of the molecule is CC(CC/C=C/C=O)C1CCC2C3C(O)CC4CC(O)CCC4(C)C3CC(O)C12C. The minimum absolute atomic E-state index is 0.132. The molecular weight excluding hydrogens is 376 g/mol. The van der Waals surface area contributed by atoms with E-state index in [9.17, 15) is 20.1 Å². The molecular formula is C26H42O4. The molecule has 4 rings (SSSR count). The first-order chi connectivity index (χ1) is 14.2. The quantitative estimate of drug-likeness (QED) is 0.464. The number of aliphatic hydroxyl groups excluding tert-OH is 3. The van der Waals surface area contributed by atoms with Gasteiger partial charge in [0.1, 0.15) is 6.29 Å². The van der Waals surface area contributed by atoms with Gasteiger partial charge in [0.05, 0.1) is 18.3 Å².